The molecule has 202 valence electrons. The van der Waals surface area contributed by atoms with Gasteiger partial charge in [0.25, 0.3) is 11.9 Å². The van der Waals surface area contributed by atoms with Gasteiger partial charge in [-0.1, -0.05) is 53.2 Å². The van der Waals surface area contributed by atoms with Gasteiger partial charge in [0.1, 0.15) is 6.61 Å². The second-order valence-electron chi connectivity index (χ2n) is 8.22. The van der Waals surface area contributed by atoms with Crippen LogP contribution in [0, 0.1) is 6.92 Å². The molecule has 2 aromatic carbocycles. The standard InChI is InChI=1S/C27H26Cl2N6O3S/c1-3-13-35-24(15-30-20-9-7-19(28)8-10-20)32-34-27(35)39-17-25(36)33-31-14-21-11-12-26(38-21)37-16-22-18(2)5-4-6-23(22)29/h3-12,14,30H,1,13,15-17H2,2H3,(H,33,36)/b31-14+. The molecule has 0 aliphatic rings. The summed E-state index contributed by atoms with van der Waals surface area (Å²) in [5.41, 5.74) is 5.32. The first kappa shape index (κ1) is 28.3. The van der Waals surface area contributed by atoms with E-state index in [9.17, 15) is 4.79 Å². The Morgan fingerprint density at radius 2 is 2.00 bits per heavy atom. The van der Waals surface area contributed by atoms with Crippen LogP contribution in [0.1, 0.15) is 22.7 Å². The van der Waals surface area contributed by atoms with Gasteiger partial charge in [0.2, 0.25) is 0 Å². The maximum Gasteiger partial charge on any atom is 0.285 e. The highest BCUT2D eigenvalue weighted by Gasteiger charge is 2.13. The Morgan fingerprint density at radius 1 is 1.18 bits per heavy atom. The minimum absolute atomic E-state index is 0.0981. The molecule has 2 aromatic heterocycles. The fraction of sp³-hybridized carbons (Fsp3) is 0.185. The minimum Gasteiger partial charge on any atom is -0.460 e. The number of halogens is 2. The zero-order chi connectivity index (χ0) is 27.6. The maximum atomic E-state index is 12.3. The zero-order valence-electron chi connectivity index (χ0n) is 21.1. The van der Waals surface area contributed by atoms with Crippen LogP contribution in [0.15, 0.2) is 81.9 Å². The molecule has 0 saturated heterocycles. The lowest BCUT2D eigenvalue weighted by molar-refractivity contribution is -0.118. The maximum absolute atomic E-state index is 12.3. The molecule has 0 aliphatic heterocycles. The first-order chi connectivity index (χ1) is 18.9. The fourth-order valence-corrected chi connectivity index (χ4v) is 4.58. The van der Waals surface area contributed by atoms with E-state index < -0.39 is 0 Å². The first-order valence-corrected chi connectivity index (χ1v) is 13.6. The quantitative estimate of drug-likeness (QED) is 0.0845. The number of nitrogens with zero attached hydrogens (tertiary/aromatic N) is 4. The number of ether oxygens (including phenoxy) is 1. The molecule has 0 radical (unpaired) electrons. The van der Waals surface area contributed by atoms with E-state index in [1.807, 2.05) is 54.0 Å². The summed E-state index contributed by atoms with van der Waals surface area (Å²) in [5, 5.41) is 17.6. The highest BCUT2D eigenvalue weighted by atomic mass is 35.5. The van der Waals surface area contributed by atoms with Gasteiger partial charge in [0.15, 0.2) is 16.7 Å². The molecule has 4 aromatic rings. The van der Waals surface area contributed by atoms with Crippen molar-refractivity contribution in [1.29, 1.82) is 0 Å². The van der Waals surface area contributed by atoms with Gasteiger partial charge in [-0.25, -0.2) is 5.43 Å². The van der Waals surface area contributed by atoms with Crippen molar-refractivity contribution < 1.29 is 13.9 Å². The van der Waals surface area contributed by atoms with E-state index in [4.69, 9.17) is 32.4 Å². The molecular formula is C27H26Cl2N6O3S. The smallest absolute Gasteiger partial charge is 0.285 e. The number of benzene rings is 2. The summed E-state index contributed by atoms with van der Waals surface area (Å²) < 4.78 is 13.2. The first-order valence-electron chi connectivity index (χ1n) is 11.9. The number of rotatable bonds is 13. The number of anilines is 1. The van der Waals surface area contributed by atoms with Crippen LogP contribution in [0.5, 0.6) is 5.95 Å². The monoisotopic (exact) mass is 584 g/mol. The van der Waals surface area contributed by atoms with E-state index in [0.717, 1.165) is 16.8 Å². The number of furan rings is 1. The molecule has 0 aliphatic carbocycles. The van der Waals surface area contributed by atoms with Gasteiger partial charge in [0, 0.05) is 33.9 Å². The number of thioether (sulfide) groups is 1. The minimum atomic E-state index is -0.303. The number of nitrogens with one attached hydrogen (secondary N) is 2. The lowest BCUT2D eigenvalue weighted by Crippen LogP contribution is -2.20. The molecule has 0 spiro atoms. The number of aromatic nitrogens is 3. The third-order valence-electron chi connectivity index (χ3n) is 5.43. The molecule has 4 rings (SSSR count). The number of carbonyl (C=O) groups excluding carboxylic acids is 1. The fourth-order valence-electron chi connectivity index (χ4n) is 3.42. The molecule has 12 heteroatoms. The summed E-state index contributed by atoms with van der Waals surface area (Å²) in [6.45, 7) is 7.00. The Hall–Kier alpha value is -3.73. The number of hydrogen-bond acceptors (Lipinski definition) is 8. The van der Waals surface area contributed by atoms with Gasteiger partial charge in [0.05, 0.1) is 18.5 Å². The summed E-state index contributed by atoms with van der Waals surface area (Å²) in [6.07, 6.45) is 3.15. The Kier molecular flexibility index (Phi) is 10.1. The normalized spacial score (nSPS) is 11.1. The third kappa shape index (κ3) is 8.13. The van der Waals surface area contributed by atoms with Gasteiger partial charge >= 0.3 is 0 Å². The number of aryl methyl sites for hydroxylation is 1. The Morgan fingerprint density at radius 3 is 2.77 bits per heavy atom. The van der Waals surface area contributed by atoms with E-state index in [0.29, 0.717) is 45.8 Å². The molecule has 39 heavy (non-hydrogen) atoms. The largest absolute Gasteiger partial charge is 0.460 e. The second kappa shape index (κ2) is 13.9. The van der Waals surface area contributed by atoms with Crippen LogP contribution in [-0.4, -0.2) is 32.6 Å². The predicted octanol–water partition coefficient (Wildman–Crippen LogP) is 6.11. The van der Waals surface area contributed by atoms with Crippen molar-refractivity contribution in [3.63, 3.8) is 0 Å². The molecule has 2 N–H and O–H groups in total. The van der Waals surface area contributed by atoms with Crippen LogP contribution in [0.25, 0.3) is 0 Å². The Balaban J connectivity index is 1.25. The van der Waals surface area contributed by atoms with Crippen LogP contribution in [0.3, 0.4) is 0 Å². The van der Waals surface area contributed by atoms with Crippen LogP contribution in [-0.2, 0) is 24.5 Å². The molecule has 1 amide bonds. The van der Waals surface area contributed by atoms with E-state index >= 15 is 0 Å². The van der Waals surface area contributed by atoms with E-state index in [1.54, 1.807) is 18.2 Å². The second-order valence-corrected chi connectivity index (χ2v) is 10.0. The molecular weight excluding hydrogens is 559 g/mol. The van der Waals surface area contributed by atoms with Gasteiger partial charge in [-0.15, -0.1) is 16.8 Å². The summed E-state index contributed by atoms with van der Waals surface area (Å²) in [6, 6.07) is 16.4. The highest BCUT2D eigenvalue weighted by molar-refractivity contribution is 7.99. The molecule has 0 fully saturated rings. The van der Waals surface area contributed by atoms with Gasteiger partial charge in [-0.2, -0.15) is 5.10 Å². The van der Waals surface area contributed by atoms with E-state index in [1.165, 1.54) is 18.0 Å². The topological polar surface area (TPSA) is 107 Å². The van der Waals surface area contributed by atoms with Crippen molar-refractivity contribution in [3.05, 3.63) is 100 Å². The van der Waals surface area contributed by atoms with Gasteiger partial charge in [-0.05, 0) is 48.9 Å². The summed E-state index contributed by atoms with van der Waals surface area (Å²) in [7, 11) is 0. The van der Waals surface area contributed by atoms with Crippen molar-refractivity contribution in [1.82, 2.24) is 20.2 Å². The molecule has 9 nitrogen and oxygen atoms in total. The number of hydrazone groups is 1. The Bertz CT molecular complexity index is 1430. The van der Waals surface area contributed by atoms with E-state index in [2.05, 4.69) is 32.6 Å². The van der Waals surface area contributed by atoms with Gasteiger partial charge < -0.3 is 19.0 Å². The molecule has 2 heterocycles. The van der Waals surface area contributed by atoms with Crippen LogP contribution in [0.2, 0.25) is 10.0 Å². The van der Waals surface area contributed by atoms with Gasteiger partial charge in [-0.3, -0.25) is 4.79 Å². The number of carbonyl (C=O) groups is 1. The summed E-state index contributed by atoms with van der Waals surface area (Å²) in [4.78, 5) is 12.3. The molecule has 0 unspecified atom stereocenters. The molecule has 0 atom stereocenters. The van der Waals surface area contributed by atoms with Crippen molar-refractivity contribution in [2.75, 3.05) is 11.1 Å². The SMILES string of the molecule is C=CCn1c(CNc2ccc(Cl)cc2)nnc1SCC(=O)N/N=C/c1ccc(OCc2c(C)cccc2Cl)o1. The van der Waals surface area contributed by atoms with Crippen LogP contribution >= 0.6 is 35.0 Å². The van der Waals surface area contributed by atoms with Crippen LogP contribution < -0.4 is 15.5 Å². The number of amides is 1. The third-order valence-corrected chi connectivity index (χ3v) is 7.00. The van der Waals surface area contributed by atoms with Crippen LogP contribution in [0.4, 0.5) is 5.69 Å². The van der Waals surface area contributed by atoms with Crippen molar-refractivity contribution in [3.8, 4) is 5.95 Å². The average Bonchev–Trinajstić information content (AvgIpc) is 3.54. The lowest BCUT2D eigenvalue weighted by atomic mass is 10.1. The van der Waals surface area contributed by atoms with Crippen molar-refractivity contribution >= 4 is 52.8 Å². The van der Waals surface area contributed by atoms with E-state index in [-0.39, 0.29) is 18.3 Å². The van der Waals surface area contributed by atoms with Crippen molar-refractivity contribution in [2.24, 2.45) is 5.10 Å². The van der Waals surface area contributed by atoms with Crippen molar-refractivity contribution in [2.45, 2.75) is 31.8 Å². The predicted molar refractivity (Wildman–Crippen MR) is 155 cm³/mol. The average molecular weight is 586 g/mol. The molecule has 0 saturated carbocycles. The summed E-state index contributed by atoms with van der Waals surface area (Å²) in [5.74, 6) is 1.26. The lowest BCUT2D eigenvalue weighted by Gasteiger charge is -2.09. The summed E-state index contributed by atoms with van der Waals surface area (Å²) >= 11 is 13.4. The Labute approximate surface area is 240 Å². The zero-order valence-corrected chi connectivity index (χ0v) is 23.4. The molecule has 0 bridgehead atoms. The highest BCUT2D eigenvalue weighted by Crippen LogP contribution is 2.23. The number of allylic oxidation sites excluding steroid dienone is 1. The number of hydrogen-bond donors (Lipinski definition) is 2.